The molecule has 0 bridgehead atoms. The fourth-order valence-corrected chi connectivity index (χ4v) is 4.13. The quantitative estimate of drug-likeness (QED) is 0.528. The Morgan fingerprint density at radius 3 is 2.74 bits per heavy atom. The fraction of sp³-hybridized carbons (Fsp3) is 0.409. The van der Waals surface area contributed by atoms with Crippen molar-refractivity contribution >= 4 is 27.6 Å². The number of carbonyl (C=O) groups is 1. The van der Waals surface area contributed by atoms with Crippen LogP contribution in [0.1, 0.15) is 26.7 Å². The van der Waals surface area contributed by atoms with E-state index in [1.54, 1.807) is 18.2 Å². The summed E-state index contributed by atoms with van der Waals surface area (Å²) >= 11 is 1.31. The standard InChI is InChI=1S/C22H24FN3O4S/c1-13(24-14(2)27)11-28-18-9-15(10-18)12-29-20-8-7-19-21(26-20)31-22(25-19)30-17-5-3-16(23)4-6-17/h3-8,13,15,18H,9-12H2,1-2H3,(H,24,27)/t13-,15?,18?/m0/s1. The monoisotopic (exact) mass is 445 g/mol. The molecule has 1 atom stereocenters. The Labute approximate surface area is 183 Å². The zero-order valence-corrected chi connectivity index (χ0v) is 18.2. The van der Waals surface area contributed by atoms with Gasteiger partial charge in [-0.1, -0.05) is 11.3 Å². The lowest BCUT2D eigenvalue weighted by Crippen LogP contribution is -2.40. The van der Waals surface area contributed by atoms with Crippen LogP contribution in [0.4, 0.5) is 4.39 Å². The second-order valence-corrected chi connectivity index (χ2v) is 8.65. The number of nitrogens with one attached hydrogen (secondary N) is 1. The molecule has 1 amide bonds. The van der Waals surface area contributed by atoms with Gasteiger partial charge in [-0.05, 0) is 56.0 Å². The van der Waals surface area contributed by atoms with Crippen molar-refractivity contribution < 1.29 is 23.4 Å². The summed E-state index contributed by atoms with van der Waals surface area (Å²) in [5, 5.41) is 3.25. The highest BCUT2D eigenvalue weighted by Gasteiger charge is 2.30. The molecule has 0 unspecified atom stereocenters. The predicted octanol–water partition coefficient (Wildman–Crippen LogP) is 4.32. The molecule has 1 aromatic carbocycles. The number of nitrogens with zero attached hydrogens (tertiary/aromatic N) is 2. The van der Waals surface area contributed by atoms with Gasteiger partial charge in [-0.3, -0.25) is 4.79 Å². The van der Waals surface area contributed by atoms with Crippen LogP contribution in [-0.2, 0) is 9.53 Å². The van der Waals surface area contributed by atoms with Crippen LogP contribution in [0.3, 0.4) is 0 Å². The Balaban J connectivity index is 1.23. The largest absolute Gasteiger partial charge is 0.477 e. The van der Waals surface area contributed by atoms with Crippen molar-refractivity contribution in [2.45, 2.75) is 38.8 Å². The molecule has 0 saturated heterocycles. The van der Waals surface area contributed by atoms with Gasteiger partial charge in [-0.15, -0.1) is 0 Å². The maximum absolute atomic E-state index is 13.0. The molecule has 4 rings (SSSR count). The highest BCUT2D eigenvalue weighted by Crippen LogP contribution is 2.33. The molecule has 1 fully saturated rings. The summed E-state index contributed by atoms with van der Waals surface area (Å²) in [6.07, 6.45) is 2.09. The van der Waals surface area contributed by atoms with Gasteiger partial charge in [0.05, 0.1) is 19.3 Å². The van der Waals surface area contributed by atoms with Crippen molar-refractivity contribution in [3.63, 3.8) is 0 Å². The summed E-state index contributed by atoms with van der Waals surface area (Å²) in [6, 6.07) is 9.45. The lowest BCUT2D eigenvalue weighted by Gasteiger charge is -2.35. The molecule has 164 valence electrons. The maximum atomic E-state index is 13.0. The number of benzene rings is 1. The van der Waals surface area contributed by atoms with E-state index < -0.39 is 0 Å². The third-order valence-corrected chi connectivity index (χ3v) is 5.76. The zero-order chi connectivity index (χ0) is 21.8. The Hall–Kier alpha value is -2.78. The molecule has 9 heteroatoms. The molecule has 1 aliphatic carbocycles. The van der Waals surface area contributed by atoms with Gasteiger partial charge in [0.15, 0.2) is 4.83 Å². The summed E-state index contributed by atoms with van der Waals surface area (Å²) in [6.45, 7) is 4.53. The van der Waals surface area contributed by atoms with E-state index in [1.165, 1.54) is 30.4 Å². The lowest BCUT2D eigenvalue weighted by atomic mass is 9.83. The minimum absolute atomic E-state index is 0.0139. The highest BCUT2D eigenvalue weighted by atomic mass is 32.1. The van der Waals surface area contributed by atoms with Gasteiger partial charge in [-0.2, -0.15) is 0 Å². The van der Waals surface area contributed by atoms with E-state index in [0.29, 0.717) is 36.0 Å². The van der Waals surface area contributed by atoms with Crippen LogP contribution in [0, 0.1) is 11.7 Å². The first-order valence-electron chi connectivity index (χ1n) is 10.2. The Bertz CT molecular complexity index is 1040. The van der Waals surface area contributed by atoms with Gasteiger partial charge >= 0.3 is 0 Å². The Morgan fingerprint density at radius 1 is 1.23 bits per heavy atom. The molecule has 0 aliphatic heterocycles. The predicted molar refractivity (Wildman–Crippen MR) is 115 cm³/mol. The number of amides is 1. The summed E-state index contributed by atoms with van der Waals surface area (Å²) in [5.74, 6) is 1.13. The van der Waals surface area contributed by atoms with E-state index in [4.69, 9.17) is 14.2 Å². The summed E-state index contributed by atoms with van der Waals surface area (Å²) < 4.78 is 30.4. The molecule has 0 radical (unpaired) electrons. The zero-order valence-electron chi connectivity index (χ0n) is 17.3. The smallest absolute Gasteiger partial charge is 0.281 e. The van der Waals surface area contributed by atoms with Crippen molar-refractivity contribution in [2.75, 3.05) is 13.2 Å². The van der Waals surface area contributed by atoms with Crippen LogP contribution in [0.15, 0.2) is 36.4 Å². The summed E-state index contributed by atoms with van der Waals surface area (Å²) in [5.41, 5.74) is 0.722. The Morgan fingerprint density at radius 2 is 2.00 bits per heavy atom. The van der Waals surface area contributed by atoms with E-state index in [9.17, 15) is 9.18 Å². The molecule has 2 aromatic heterocycles. The third kappa shape index (κ3) is 5.89. The van der Waals surface area contributed by atoms with E-state index in [2.05, 4.69) is 15.3 Å². The number of rotatable bonds is 9. The van der Waals surface area contributed by atoms with Crippen LogP contribution in [-0.4, -0.2) is 41.2 Å². The van der Waals surface area contributed by atoms with Gasteiger partial charge in [-0.25, -0.2) is 14.4 Å². The lowest BCUT2D eigenvalue weighted by molar-refractivity contribution is -0.120. The van der Waals surface area contributed by atoms with Gasteiger partial charge in [0.1, 0.15) is 17.1 Å². The number of halogens is 1. The molecule has 1 N–H and O–H groups in total. The van der Waals surface area contributed by atoms with E-state index in [1.807, 2.05) is 13.0 Å². The van der Waals surface area contributed by atoms with Crippen molar-refractivity contribution in [1.82, 2.24) is 15.3 Å². The van der Waals surface area contributed by atoms with Crippen molar-refractivity contribution in [3.8, 4) is 16.8 Å². The number of fused-ring (bicyclic) bond motifs is 1. The minimum atomic E-state index is -0.316. The summed E-state index contributed by atoms with van der Waals surface area (Å²) in [4.78, 5) is 20.6. The van der Waals surface area contributed by atoms with E-state index >= 15 is 0 Å². The molecule has 7 nitrogen and oxygen atoms in total. The number of aromatic nitrogens is 2. The first-order valence-corrected chi connectivity index (χ1v) is 11.0. The number of hydrogen-bond donors (Lipinski definition) is 1. The van der Waals surface area contributed by atoms with E-state index in [-0.39, 0.29) is 23.9 Å². The molecule has 1 aliphatic rings. The Kier molecular flexibility index (Phi) is 6.62. The van der Waals surface area contributed by atoms with Gasteiger partial charge in [0.25, 0.3) is 5.19 Å². The molecular formula is C22H24FN3O4S. The SMILES string of the molecule is CC(=O)N[C@@H](C)COC1CC(COc2ccc3nc(Oc4ccc(F)cc4)sc3n2)C1. The van der Waals surface area contributed by atoms with Crippen molar-refractivity contribution in [2.24, 2.45) is 5.92 Å². The second-order valence-electron chi connectivity index (χ2n) is 7.71. The van der Waals surface area contributed by atoms with Crippen LogP contribution >= 0.6 is 11.3 Å². The normalized spacial score (nSPS) is 18.9. The van der Waals surface area contributed by atoms with Crippen LogP contribution in [0.2, 0.25) is 0 Å². The maximum Gasteiger partial charge on any atom is 0.281 e. The second kappa shape index (κ2) is 9.57. The number of thiazole rings is 1. The fourth-order valence-electron chi connectivity index (χ4n) is 3.33. The average molecular weight is 446 g/mol. The number of carbonyl (C=O) groups excluding carboxylic acids is 1. The minimum Gasteiger partial charge on any atom is -0.477 e. The van der Waals surface area contributed by atoms with Crippen LogP contribution in [0.25, 0.3) is 10.3 Å². The molecule has 0 spiro atoms. The number of pyridine rings is 1. The first kappa shape index (κ1) is 21.5. The average Bonchev–Trinajstić information content (AvgIpc) is 3.09. The molecule has 1 saturated carbocycles. The van der Waals surface area contributed by atoms with Crippen molar-refractivity contribution in [3.05, 3.63) is 42.2 Å². The van der Waals surface area contributed by atoms with Gasteiger partial charge in [0.2, 0.25) is 11.8 Å². The van der Waals surface area contributed by atoms with Crippen LogP contribution < -0.4 is 14.8 Å². The van der Waals surface area contributed by atoms with Crippen molar-refractivity contribution in [1.29, 1.82) is 0 Å². The molecule has 3 aromatic rings. The van der Waals surface area contributed by atoms with Gasteiger partial charge in [0, 0.05) is 19.0 Å². The molecule has 31 heavy (non-hydrogen) atoms. The van der Waals surface area contributed by atoms with Crippen LogP contribution in [0.5, 0.6) is 16.8 Å². The number of hydrogen-bond acceptors (Lipinski definition) is 7. The summed E-state index contributed by atoms with van der Waals surface area (Å²) in [7, 11) is 0. The molecule has 2 heterocycles. The first-order chi connectivity index (χ1) is 14.9. The third-order valence-electron chi connectivity index (χ3n) is 4.92. The highest BCUT2D eigenvalue weighted by molar-refractivity contribution is 7.19. The topological polar surface area (TPSA) is 82.6 Å². The number of ether oxygens (including phenoxy) is 3. The molecular weight excluding hydrogens is 421 g/mol. The van der Waals surface area contributed by atoms with Gasteiger partial charge < -0.3 is 19.5 Å². The van der Waals surface area contributed by atoms with E-state index in [0.717, 1.165) is 23.2 Å².